The minimum atomic E-state index is -0.793. The highest BCUT2D eigenvalue weighted by Gasteiger charge is 2.59. The van der Waals surface area contributed by atoms with Gasteiger partial charge in [0.2, 0.25) is 0 Å². The molecule has 1 aliphatic carbocycles. The summed E-state index contributed by atoms with van der Waals surface area (Å²) in [6, 6.07) is 0. The van der Waals surface area contributed by atoms with Crippen LogP contribution in [0.25, 0.3) is 0 Å². The Morgan fingerprint density at radius 1 is 1.90 bits per heavy atom. The second-order valence-electron chi connectivity index (χ2n) is 2.48. The molecule has 3 nitrogen and oxygen atoms in total. The predicted octanol–water partition coefficient (Wildman–Crippen LogP) is 0.185. The Labute approximate surface area is 63.4 Å². The number of carboxylic acids is 1. The van der Waals surface area contributed by atoms with Crippen LogP contribution in [-0.4, -0.2) is 33.8 Å². The summed E-state index contributed by atoms with van der Waals surface area (Å²) < 4.78 is -0.658. The van der Waals surface area contributed by atoms with Crippen LogP contribution in [0.2, 0.25) is 0 Å². The van der Waals surface area contributed by atoms with Crippen LogP contribution in [0.3, 0.4) is 0 Å². The molecule has 1 fully saturated rings. The molecule has 0 saturated heterocycles. The molecule has 2 N–H and O–H groups in total. The van der Waals surface area contributed by atoms with E-state index in [1.807, 2.05) is 0 Å². The van der Waals surface area contributed by atoms with E-state index in [1.165, 1.54) is 11.8 Å². The number of carboxylic acid groups (broad SMARTS) is 1. The molecule has 0 radical (unpaired) electrons. The third-order valence-electron chi connectivity index (χ3n) is 2.00. The molecule has 1 saturated carbocycles. The fourth-order valence-electron chi connectivity index (χ4n) is 1.12. The molecule has 0 amide bonds. The molecule has 0 aromatic heterocycles. The van der Waals surface area contributed by atoms with Gasteiger partial charge in [-0.2, -0.15) is 0 Å². The van der Waals surface area contributed by atoms with Crippen LogP contribution in [0.15, 0.2) is 0 Å². The Bertz CT molecular complexity index is 159. The minimum Gasteiger partial charge on any atom is -0.480 e. The first kappa shape index (κ1) is 7.88. The lowest BCUT2D eigenvalue weighted by Gasteiger charge is -2.05. The molecular formula is C6H10O3S. The van der Waals surface area contributed by atoms with E-state index >= 15 is 0 Å². The third kappa shape index (κ3) is 0.914. The molecule has 0 spiro atoms. The summed E-state index contributed by atoms with van der Waals surface area (Å²) in [5.41, 5.74) is 0. The first-order valence-electron chi connectivity index (χ1n) is 3.07. The zero-order valence-electron chi connectivity index (χ0n) is 5.70. The van der Waals surface area contributed by atoms with E-state index < -0.39 is 10.7 Å². The number of hydrogen-bond acceptors (Lipinski definition) is 3. The number of aliphatic hydroxyl groups excluding tert-OH is 1. The van der Waals surface area contributed by atoms with Gasteiger partial charge in [-0.25, -0.2) is 0 Å². The molecular weight excluding hydrogens is 152 g/mol. The molecule has 0 bridgehead atoms. The van der Waals surface area contributed by atoms with Gasteiger partial charge in [0.25, 0.3) is 0 Å². The van der Waals surface area contributed by atoms with Crippen LogP contribution in [0.1, 0.15) is 6.42 Å². The van der Waals surface area contributed by atoms with Crippen molar-refractivity contribution < 1.29 is 15.0 Å². The molecule has 0 heterocycles. The minimum absolute atomic E-state index is 0.00681. The van der Waals surface area contributed by atoms with Crippen LogP contribution in [0.4, 0.5) is 0 Å². The summed E-state index contributed by atoms with van der Waals surface area (Å²) in [4.78, 5) is 10.6. The van der Waals surface area contributed by atoms with E-state index in [1.54, 1.807) is 6.26 Å². The van der Waals surface area contributed by atoms with Crippen molar-refractivity contribution in [1.82, 2.24) is 0 Å². The number of carbonyl (C=O) groups is 1. The zero-order chi connectivity index (χ0) is 7.78. The quantitative estimate of drug-likeness (QED) is 0.621. The predicted molar refractivity (Wildman–Crippen MR) is 39.1 cm³/mol. The highest BCUT2D eigenvalue weighted by atomic mass is 32.2. The van der Waals surface area contributed by atoms with Gasteiger partial charge in [0.15, 0.2) is 0 Å². The second kappa shape index (κ2) is 2.43. The maximum atomic E-state index is 10.6. The number of aliphatic hydroxyl groups is 1. The first-order valence-corrected chi connectivity index (χ1v) is 4.29. The van der Waals surface area contributed by atoms with Gasteiger partial charge in [-0.15, -0.1) is 11.8 Å². The monoisotopic (exact) mass is 162 g/mol. The van der Waals surface area contributed by atoms with Crippen molar-refractivity contribution in [3.8, 4) is 0 Å². The van der Waals surface area contributed by atoms with Gasteiger partial charge in [0.1, 0.15) is 4.75 Å². The molecule has 10 heavy (non-hydrogen) atoms. The van der Waals surface area contributed by atoms with Gasteiger partial charge in [-0.05, 0) is 12.7 Å². The van der Waals surface area contributed by atoms with E-state index in [0.29, 0.717) is 6.42 Å². The van der Waals surface area contributed by atoms with Crippen molar-refractivity contribution in [3.63, 3.8) is 0 Å². The van der Waals surface area contributed by atoms with Crippen molar-refractivity contribution in [2.24, 2.45) is 5.92 Å². The van der Waals surface area contributed by atoms with Gasteiger partial charge < -0.3 is 10.2 Å². The van der Waals surface area contributed by atoms with Crippen molar-refractivity contribution in [1.29, 1.82) is 0 Å². The largest absolute Gasteiger partial charge is 0.480 e. The van der Waals surface area contributed by atoms with Gasteiger partial charge >= 0.3 is 5.97 Å². The molecule has 2 unspecified atom stereocenters. The average Bonchev–Trinajstić information content (AvgIpc) is 2.62. The van der Waals surface area contributed by atoms with E-state index in [9.17, 15) is 4.79 Å². The third-order valence-corrected chi connectivity index (χ3v) is 3.40. The SMILES string of the molecule is CSC1(C(=O)O)CC1CO. The summed E-state index contributed by atoms with van der Waals surface area (Å²) in [5, 5.41) is 17.3. The molecule has 0 aliphatic heterocycles. The van der Waals surface area contributed by atoms with E-state index in [4.69, 9.17) is 10.2 Å². The van der Waals surface area contributed by atoms with Crippen LogP contribution in [0, 0.1) is 5.92 Å². The fraction of sp³-hybridized carbons (Fsp3) is 0.833. The van der Waals surface area contributed by atoms with Crippen LogP contribution in [-0.2, 0) is 4.79 Å². The molecule has 1 aliphatic rings. The topological polar surface area (TPSA) is 57.5 Å². The summed E-state index contributed by atoms with van der Waals surface area (Å²) >= 11 is 1.32. The van der Waals surface area contributed by atoms with Crippen LogP contribution in [0.5, 0.6) is 0 Å². The first-order chi connectivity index (χ1) is 4.67. The van der Waals surface area contributed by atoms with Crippen LogP contribution >= 0.6 is 11.8 Å². The van der Waals surface area contributed by atoms with Gasteiger partial charge in [-0.3, -0.25) is 4.79 Å². The standard InChI is InChI=1S/C6H10O3S/c1-10-6(5(8)9)2-4(6)3-7/h4,7H,2-3H2,1H3,(H,8,9). The summed E-state index contributed by atoms with van der Waals surface area (Å²) in [6.07, 6.45) is 2.38. The maximum absolute atomic E-state index is 10.6. The molecule has 58 valence electrons. The lowest BCUT2D eigenvalue weighted by atomic mass is 10.3. The van der Waals surface area contributed by atoms with Crippen molar-refractivity contribution >= 4 is 17.7 Å². The highest BCUT2D eigenvalue weighted by Crippen LogP contribution is 2.53. The summed E-state index contributed by atoms with van der Waals surface area (Å²) in [7, 11) is 0. The number of rotatable bonds is 3. The maximum Gasteiger partial charge on any atom is 0.320 e. The van der Waals surface area contributed by atoms with E-state index in [-0.39, 0.29) is 12.5 Å². The van der Waals surface area contributed by atoms with Gasteiger partial charge in [0, 0.05) is 12.5 Å². The molecule has 0 aromatic carbocycles. The van der Waals surface area contributed by atoms with Crippen molar-refractivity contribution in [2.75, 3.05) is 12.9 Å². The lowest BCUT2D eigenvalue weighted by Crippen LogP contribution is -2.21. The van der Waals surface area contributed by atoms with Gasteiger partial charge in [0.05, 0.1) is 0 Å². The molecule has 1 rings (SSSR count). The van der Waals surface area contributed by atoms with E-state index in [0.717, 1.165) is 0 Å². The van der Waals surface area contributed by atoms with Gasteiger partial charge in [-0.1, -0.05) is 0 Å². The van der Waals surface area contributed by atoms with E-state index in [2.05, 4.69) is 0 Å². The zero-order valence-corrected chi connectivity index (χ0v) is 6.52. The Morgan fingerprint density at radius 2 is 2.50 bits per heavy atom. The fourth-order valence-corrected chi connectivity index (χ4v) is 2.07. The van der Waals surface area contributed by atoms with Crippen molar-refractivity contribution in [3.05, 3.63) is 0 Å². The molecule has 4 heteroatoms. The second-order valence-corrected chi connectivity index (χ2v) is 3.62. The number of aliphatic carboxylic acids is 1. The Balaban J connectivity index is 2.59. The number of hydrogen-bond donors (Lipinski definition) is 2. The Morgan fingerprint density at radius 3 is 2.60 bits per heavy atom. The Kier molecular flexibility index (Phi) is 1.92. The van der Waals surface area contributed by atoms with Crippen LogP contribution < -0.4 is 0 Å². The lowest BCUT2D eigenvalue weighted by molar-refractivity contribution is -0.137. The molecule has 0 aromatic rings. The number of thioether (sulfide) groups is 1. The van der Waals surface area contributed by atoms with Crippen molar-refractivity contribution in [2.45, 2.75) is 11.2 Å². The Hall–Kier alpha value is -0.220. The average molecular weight is 162 g/mol. The highest BCUT2D eigenvalue weighted by molar-refractivity contribution is 8.01. The smallest absolute Gasteiger partial charge is 0.320 e. The summed E-state index contributed by atoms with van der Waals surface area (Å²) in [5.74, 6) is -0.820. The summed E-state index contributed by atoms with van der Waals surface area (Å²) in [6.45, 7) is -0.00681. The molecule has 2 atom stereocenters. The normalized spacial score (nSPS) is 37.6.